The van der Waals surface area contributed by atoms with E-state index in [1.54, 1.807) is 0 Å². The first kappa shape index (κ1) is 8.97. The minimum Gasteiger partial charge on any atom is -0.391 e. The number of rotatable bonds is 1. The Morgan fingerprint density at radius 3 is 3.00 bits per heavy atom. The zero-order valence-electron chi connectivity index (χ0n) is 7.15. The van der Waals surface area contributed by atoms with Gasteiger partial charge in [0.25, 0.3) is 0 Å². The van der Waals surface area contributed by atoms with Crippen LogP contribution in [0.25, 0.3) is 0 Å². The van der Waals surface area contributed by atoms with Crippen molar-refractivity contribution >= 4 is 21.7 Å². The molecule has 1 aromatic rings. The summed E-state index contributed by atoms with van der Waals surface area (Å²) in [5, 5.41) is 9.35. The maximum absolute atomic E-state index is 9.35. The van der Waals surface area contributed by atoms with Crippen molar-refractivity contribution in [3.63, 3.8) is 0 Å². The van der Waals surface area contributed by atoms with Gasteiger partial charge >= 0.3 is 0 Å². The van der Waals surface area contributed by atoms with Gasteiger partial charge in [-0.3, -0.25) is 0 Å². The first-order valence-electron chi connectivity index (χ1n) is 4.31. The van der Waals surface area contributed by atoms with E-state index >= 15 is 0 Å². The van der Waals surface area contributed by atoms with Crippen molar-refractivity contribution in [2.24, 2.45) is 0 Å². The molecular weight excluding hydrogens is 232 g/mol. The Morgan fingerprint density at radius 1 is 1.54 bits per heavy atom. The Hall–Kier alpha value is -0.610. The highest BCUT2D eigenvalue weighted by atomic mass is 79.9. The summed E-state index contributed by atoms with van der Waals surface area (Å²) in [6, 6.07) is 5.82. The Morgan fingerprint density at radius 2 is 2.38 bits per heavy atom. The number of nitrogens with zero attached hydrogens (tertiary/aromatic N) is 2. The molecule has 0 amide bonds. The van der Waals surface area contributed by atoms with Crippen molar-refractivity contribution < 1.29 is 5.11 Å². The summed E-state index contributed by atoms with van der Waals surface area (Å²) in [4.78, 5) is 6.41. The molecule has 1 aliphatic rings. The van der Waals surface area contributed by atoms with Gasteiger partial charge in [0, 0.05) is 13.1 Å². The molecule has 2 rings (SSSR count). The predicted octanol–water partition coefficient (Wildman–Crippen LogP) is 1.42. The standard InChI is InChI=1S/C9H11BrN2O/c10-8-2-1-3-9(11-8)12-5-4-7(13)6-12/h1-3,7,13H,4-6H2. The fraction of sp³-hybridized carbons (Fsp3) is 0.444. The van der Waals surface area contributed by atoms with Gasteiger partial charge in [0.05, 0.1) is 6.10 Å². The van der Waals surface area contributed by atoms with Crippen LogP contribution in [0.1, 0.15) is 6.42 Å². The van der Waals surface area contributed by atoms with Gasteiger partial charge in [-0.25, -0.2) is 4.98 Å². The SMILES string of the molecule is OC1CCN(c2cccc(Br)n2)C1. The van der Waals surface area contributed by atoms with Crippen molar-refractivity contribution in [3.05, 3.63) is 22.8 Å². The Bertz CT molecular complexity index is 305. The summed E-state index contributed by atoms with van der Waals surface area (Å²) in [6.45, 7) is 1.59. The summed E-state index contributed by atoms with van der Waals surface area (Å²) in [7, 11) is 0. The number of aromatic nitrogens is 1. The van der Waals surface area contributed by atoms with E-state index in [-0.39, 0.29) is 6.10 Å². The van der Waals surface area contributed by atoms with Crippen LogP contribution in [0.4, 0.5) is 5.82 Å². The monoisotopic (exact) mass is 242 g/mol. The lowest BCUT2D eigenvalue weighted by Gasteiger charge is -2.16. The zero-order valence-corrected chi connectivity index (χ0v) is 8.74. The Kier molecular flexibility index (Phi) is 2.51. The second-order valence-electron chi connectivity index (χ2n) is 3.21. The van der Waals surface area contributed by atoms with Crippen LogP contribution < -0.4 is 4.90 Å². The van der Waals surface area contributed by atoms with E-state index in [0.29, 0.717) is 6.54 Å². The summed E-state index contributed by atoms with van der Waals surface area (Å²) >= 11 is 3.32. The normalized spacial score (nSPS) is 22.3. The maximum Gasteiger partial charge on any atom is 0.129 e. The van der Waals surface area contributed by atoms with E-state index in [1.807, 2.05) is 18.2 Å². The third-order valence-electron chi connectivity index (χ3n) is 2.19. The van der Waals surface area contributed by atoms with Crippen molar-refractivity contribution in [3.8, 4) is 0 Å². The van der Waals surface area contributed by atoms with Crippen LogP contribution in [0.15, 0.2) is 22.8 Å². The van der Waals surface area contributed by atoms with Crippen LogP contribution >= 0.6 is 15.9 Å². The lowest BCUT2D eigenvalue weighted by atomic mass is 10.3. The number of aliphatic hydroxyl groups is 1. The van der Waals surface area contributed by atoms with E-state index in [9.17, 15) is 5.11 Å². The largest absolute Gasteiger partial charge is 0.391 e. The molecule has 2 heterocycles. The highest BCUT2D eigenvalue weighted by molar-refractivity contribution is 9.10. The minimum absolute atomic E-state index is 0.194. The van der Waals surface area contributed by atoms with Gasteiger partial charge in [0.1, 0.15) is 10.4 Å². The third-order valence-corrected chi connectivity index (χ3v) is 2.63. The molecule has 0 saturated carbocycles. The fourth-order valence-electron chi connectivity index (χ4n) is 1.52. The Labute approximate surface area is 85.5 Å². The van der Waals surface area contributed by atoms with Gasteiger partial charge in [-0.15, -0.1) is 0 Å². The number of hydrogen-bond donors (Lipinski definition) is 1. The molecule has 1 atom stereocenters. The zero-order chi connectivity index (χ0) is 9.26. The topological polar surface area (TPSA) is 36.4 Å². The van der Waals surface area contributed by atoms with Gasteiger partial charge in [-0.05, 0) is 34.5 Å². The summed E-state index contributed by atoms with van der Waals surface area (Å²) < 4.78 is 0.839. The van der Waals surface area contributed by atoms with Crippen molar-refractivity contribution in [2.75, 3.05) is 18.0 Å². The van der Waals surface area contributed by atoms with Gasteiger partial charge < -0.3 is 10.0 Å². The maximum atomic E-state index is 9.35. The predicted molar refractivity (Wildman–Crippen MR) is 54.8 cm³/mol. The molecule has 1 aliphatic heterocycles. The van der Waals surface area contributed by atoms with E-state index in [0.717, 1.165) is 23.4 Å². The van der Waals surface area contributed by atoms with Crippen molar-refractivity contribution in [1.82, 2.24) is 4.98 Å². The second kappa shape index (κ2) is 3.64. The van der Waals surface area contributed by atoms with E-state index in [4.69, 9.17) is 0 Å². The quantitative estimate of drug-likeness (QED) is 0.757. The Balaban J connectivity index is 2.16. The van der Waals surface area contributed by atoms with Gasteiger partial charge in [-0.1, -0.05) is 6.07 Å². The van der Waals surface area contributed by atoms with Gasteiger partial charge in [-0.2, -0.15) is 0 Å². The number of β-amino-alcohol motifs (C(OH)–C–C–N with tert-alkyl or cyclic N) is 1. The van der Waals surface area contributed by atoms with Gasteiger partial charge in [0.2, 0.25) is 0 Å². The summed E-state index contributed by atoms with van der Waals surface area (Å²) in [5.74, 6) is 0.936. The molecule has 13 heavy (non-hydrogen) atoms. The molecule has 0 bridgehead atoms. The first-order chi connectivity index (χ1) is 6.25. The minimum atomic E-state index is -0.194. The smallest absolute Gasteiger partial charge is 0.129 e. The first-order valence-corrected chi connectivity index (χ1v) is 5.10. The molecule has 0 radical (unpaired) electrons. The highest BCUT2D eigenvalue weighted by Crippen LogP contribution is 2.19. The lowest BCUT2D eigenvalue weighted by Crippen LogP contribution is -2.22. The molecule has 4 heteroatoms. The van der Waals surface area contributed by atoms with Crippen LogP contribution in [-0.4, -0.2) is 29.3 Å². The van der Waals surface area contributed by atoms with Crippen LogP contribution in [0.5, 0.6) is 0 Å². The number of hydrogen-bond acceptors (Lipinski definition) is 3. The highest BCUT2D eigenvalue weighted by Gasteiger charge is 2.20. The van der Waals surface area contributed by atoms with Crippen molar-refractivity contribution in [2.45, 2.75) is 12.5 Å². The number of anilines is 1. The second-order valence-corrected chi connectivity index (χ2v) is 4.02. The molecule has 0 aromatic carbocycles. The van der Waals surface area contributed by atoms with Crippen LogP contribution in [-0.2, 0) is 0 Å². The van der Waals surface area contributed by atoms with E-state index in [1.165, 1.54) is 0 Å². The van der Waals surface area contributed by atoms with E-state index < -0.39 is 0 Å². The molecule has 1 fully saturated rings. The summed E-state index contributed by atoms with van der Waals surface area (Å²) in [5.41, 5.74) is 0. The van der Waals surface area contributed by atoms with E-state index in [2.05, 4.69) is 25.8 Å². The van der Waals surface area contributed by atoms with Crippen molar-refractivity contribution in [1.29, 1.82) is 0 Å². The average Bonchev–Trinajstić information content (AvgIpc) is 2.52. The van der Waals surface area contributed by atoms with Crippen LogP contribution in [0.3, 0.4) is 0 Å². The number of halogens is 1. The third kappa shape index (κ3) is 2.00. The molecule has 1 N–H and O–H groups in total. The molecule has 1 aromatic heterocycles. The van der Waals surface area contributed by atoms with Gasteiger partial charge in [0.15, 0.2) is 0 Å². The summed E-state index contributed by atoms with van der Waals surface area (Å²) in [6.07, 6.45) is 0.648. The van der Waals surface area contributed by atoms with Crippen LogP contribution in [0, 0.1) is 0 Å². The molecule has 0 spiro atoms. The molecular formula is C9H11BrN2O. The number of pyridine rings is 1. The fourth-order valence-corrected chi connectivity index (χ4v) is 1.86. The molecule has 1 saturated heterocycles. The number of aliphatic hydroxyl groups excluding tert-OH is 1. The average molecular weight is 243 g/mol. The molecule has 1 unspecified atom stereocenters. The lowest BCUT2D eigenvalue weighted by molar-refractivity contribution is 0.198. The van der Waals surface area contributed by atoms with Crippen LogP contribution in [0.2, 0.25) is 0 Å². The molecule has 70 valence electrons. The molecule has 3 nitrogen and oxygen atoms in total. The molecule has 0 aliphatic carbocycles.